The summed E-state index contributed by atoms with van der Waals surface area (Å²) in [6, 6.07) is 30.7. The summed E-state index contributed by atoms with van der Waals surface area (Å²) in [6.07, 6.45) is 0.931. The van der Waals surface area contributed by atoms with Gasteiger partial charge in [-0.15, -0.1) is 0 Å². The molecule has 1 aliphatic heterocycles. The lowest BCUT2D eigenvalue weighted by molar-refractivity contribution is 0.0123. The van der Waals surface area contributed by atoms with Crippen molar-refractivity contribution in [3.8, 4) is 34.8 Å². The van der Waals surface area contributed by atoms with E-state index in [-0.39, 0.29) is 6.04 Å². The van der Waals surface area contributed by atoms with Gasteiger partial charge in [0.25, 0.3) is 0 Å². The topological polar surface area (TPSA) is 82.4 Å². The van der Waals surface area contributed by atoms with Crippen LogP contribution in [-0.2, 0) is 17.3 Å². The number of nitriles is 1. The zero-order chi connectivity index (χ0) is 34.5. The molecule has 0 aliphatic carbocycles. The number of ether oxygens (including phenoxy) is 5. The van der Waals surface area contributed by atoms with Gasteiger partial charge in [-0.3, -0.25) is 4.90 Å². The fourth-order valence-electron chi connectivity index (χ4n) is 6.79. The monoisotopic (exact) mass is 666 g/mol. The summed E-state index contributed by atoms with van der Waals surface area (Å²) in [5.41, 5.74) is 3.98. The molecular formula is C39H46N2O6Si. The lowest BCUT2D eigenvalue weighted by Gasteiger charge is -2.52. The number of benzene rings is 4. The Morgan fingerprint density at radius 2 is 1.33 bits per heavy atom. The molecule has 1 aliphatic rings. The van der Waals surface area contributed by atoms with Crippen molar-refractivity contribution in [2.24, 2.45) is 0 Å². The summed E-state index contributed by atoms with van der Waals surface area (Å²) in [4.78, 5) is 2.37. The minimum absolute atomic E-state index is 0.299. The highest BCUT2D eigenvalue weighted by atomic mass is 28.4. The molecule has 9 heteroatoms. The standard InChI is InChI=1S/C39H46N2O6Si/c1-42-33-21-30-24-39(26-40,23-27-15-11-9-12-16-27)41(32(25-47-48(6,7)8)28-17-13-10-14-18-28)37(31(30)22-34(33)43-2)29-19-35(44-3)38(46-5)36(20-29)45-4/h9-22,32,37H,23-25H2,1-8H3/t32-,37-,39?/m0/s1. The highest BCUT2D eigenvalue weighted by Gasteiger charge is 2.51. The second-order valence-electron chi connectivity index (χ2n) is 13.0. The lowest BCUT2D eigenvalue weighted by Crippen LogP contribution is -2.58. The average molecular weight is 667 g/mol. The molecule has 0 spiro atoms. The second kappa shape index (κ2) is 14.7. The van der Waals surface area contributed by atoms with E-state index in [9.17, 15) is 5.26 Å². The van der Waals surface area contributed by atoms with Gasteiger partial charge in [-0.2, -0.15) is 5.26 Å². The van der Waals surface area contributed by atoms with Crippen LogP contribution < -0.4 is 23.7 Å². The van der Waals surface area contributed by atoms with Gasteiger partial charge in [-0.05, 0) is 71.7 Å². The number of hydrogen-bond acceptors (Lipinski definition) is 8. The van der Waals surface area contributed by atoms with Gasteiger partial charge in [0.2, 0.25) is 5.75 Å². The predicted octanol–water partition coefficient (Wildman–Crippen LogP) is 7.77. The third kappa shape index (κ3) is 7.02. The molecule has 0 aromatic heterocycles. The Morgan fingerprint density at radius 3 is 1.85 bits per heavy atom. The fourth-order valence-corrected chi connectivity index (χ4v) is 7.45. The SMILES string of the molecule is COc1cc2c(cc1OC)[C@H](c1cc(OC)c(OC)c(OC)c1)N([C@@H](CO[Si](C)(C)C)c1ccccc1)C(C#N)(Cc1ccccc1)C2. The van der Waals surface area contributed by atoms with E-state index in [2.05, 4.69) is 54.9 Å². The van der Waals surface area contributed by atoms with Crippen molar-refractivity contribution in [3.05, 3.63) is 113 Å². The highest BCUT2D eigenvalue weighted by molar-refractivity contribution is 6.69. The lowest BCUT2D eigenvalue weighted by atomic mass is 9.73. The molecule has 0 radical (unpaired) electrons. The Balaban J connectivity index is 1.90. The molecule has 8 nitrogen and oxygen atoms in total. The third-order valence-electron chi connectivity index (χ3n) is 8.94. The summed E-state index contributed by atoms with van der Waals surface area (Å²) in [6.45, 7) is 6.98. The first-order valence-corrected chi connectivity index (χ1v) is 19.5. The van der Waals surface area contributed by atoms with Crippen molar-refractivity contribution < 1.29 is 28.1 Å². The van der Waals surface area contributed by atoms with E-state index in [4.69, 9.17) is 28.1 Å². The quantitative estimate of drug-likeness (QED) is 0.134. The number of rotatable bonds is 13. The minimum Gasteiger partial charge on any atom is -0.493 e. The fraction of sp³-hybridized carbons (Fsp3) is 0.359. The molecule has 5 rings (SSSR count). The number of fused-ring (bicyclic) bond motifs is 1. The Kier molecular flexibility index (Phi) is 10.7. The van der Waals surface area contributed by atoms with Crippen LogP contribution in [0.5, 0.6) is 28.7 Å². The Bertz CT molecular complexity index is 1710. The van der Waals surface area contributed by atoms with Crippen LogP contribution in [0.4, 0.5) is 0 Å². The molecule has 252 valence electrons. The smallest absolute Gasteiger partial charge is 0.203 e. The van der Waals surface area contributed by atoms with Gasteiger partial charge in [0.15, 0.2) is 31.3 Å². The van der Waals surface area contributed by atoms with Crippen LogP contribution in [0.2, 0.25) is 19.6 Å². The second-order valence-corrected chi connectivity index (χ2v) is 17.5. The van der Waals surface area contributed by atoms with E-state index in [1.54, 1.807) is 35.5 Å². The van der Waals surface area contributed by atoms with Gasteiger partial charge < -0.3 is 28.1 Å². The third-order valence-corrected chi connectivity index (χ3v) is 9.97. The number of nitrogens with zero attached hydrogens (tertiary/aromatic N) is 2. The van der Waals surface area contributed by atoms with Gasteiger partial charge in [-0.25, -0.2) is 0 Å². The van der Waals surface area contributed by atoms with Gasteiger partial charge >= 0.3 is 0 Å². The molecule has 0 fully saturated rings. The van der Waals surface area contributed by atoms with Crippen LogP contribution in [-0.4, -0.2) is 60.9 Å². The molecule has 0 amide bonds. The first-order chi connectivity index (χ1) is 23.1. The molecule has 1 unspecified atom stereocenters. The van der Waals surface area contributed by atoms with Gasteiger partial charge in [0.1, 0.15) is 5.54 Å². The molecule has 0 saturated carbocycles. The Labute approximate surface area is 285 Å². The molecule has 4 aromatic rings. The van der Waals surface area contributed by atoms with Crippen LogP contribution in [0.3, 0.4) is 0 Å². The van der Waals surface area contributed by atoms with Crippen LogP contribution in [0.25, 0.3) is 0 Å². The van der Waals surface area contributed by atoms with Crippen molar-refractivity contribution in [2.45, 2.75) is 50.1 Å². The minimum atomic E-state index is -1.99. The van der Waals surface area contributed by atoms with Crippen molar-refractivity contribution in [3.63, 3.8) is 0 Å². The number of hydrogen-bond donors (Lipinski definition) is 0. The first-order valence-electron chi connectivity index (χ1n) is 16.1. The van der Waals surface area contributed by atoms with E-state index in [0.717, 1.165) is 27.8 Å². The summed E-state index contributed by atoms with van der Waals surface area (Å²) in [7, 11) is 6.11. The summed E-state index contributed by atoms with van der Waals surface area (Å²) < 4.78 is 35.9. The van der Waals surface area contributed by atoms with Crippen LogP contribution >= 0.6 is 0 Å². The van der Waals surface area contributed by atoms with Crippen LogP contribution in [0.15, 0.2) is 84.9 Å². The van der Waals surface area contributed by atoms with E-state index < -0.39 is 19.9 Å². The van der Waals surface area contributed by atoms with Crippen LogP contribution in [0, 0.1) is 11.3 Å². The van der Waals surface area contributed by atoms with Gasteiger partial charge in [-0.1, -0.05) is 60.7 Å². The summed E-state index contributed by atoms with van der Waals surface area (Å²) in [5, 5.41) is 11.5. The van der Waals surface area contributed by atoms with Crippen LogP contribution in [0.1, 0.15) is 39.9 Å². The van der Waals surface area contributed by atoms with Crippen molar-refractivity contribution in [1.82, 2.24) is 4.90 Å². The van der Waals surface area contributed by atoms with Crippen molar-refractivity contribution in [2.75, 3.05) is 42.2 Å². The molecule has 3 atom stereocenters. The maximum atomic E-state index is 11.5. The Morgan fingerprint density at radius 1 is 0.771 bits per heavy atom. The molecule has 4 aromatic carbocycles. The normalized spacial score (nSPS) is 18.3. The summed E-state index contributed by atoms with van der Waals surface area (Å²) in [5.74, 6) is 2.77. The largest absolute Gasteiger partial charge is 0.493 e. The molecule has 48 heavy (non-hydrogen) atoms. The predicted molar refractivity (Wildman–Crippen MR) is 190 cm³/mol. The average Bonchev–Trinajstić information content (AvgIpc) is 3.10. The summed E-state index contributed by atoms with van der Waals surface area (Å²) >= 11 is 0. The maximum absolute atomic E-state index is 11.5. The van der Waals surface area contributed by atoms with Crippen molar-refractivity contribution >= 4 is 8.32 Å². The number of methoxy groups -OCH3 is 5. The van der Waals surface area contributed by atoms with Gasteiger partial charge in [0.05, 0.1) is 60.3 Å². The zero-order valence-corrected chi connectivity index (χ0v) is 30.2. The van der Waals surface area contributed by atoms with Gasteiger partial charge in [0, 0.05) is 12.8 Å². The zero-order valence-electron chi connectivity index (χ0n) is 29.2. The molecule has 1 heterocycles. The van der Waals surface area contributed by atoms with Crippen molar-refractivity contribution in [1.29, 1.82) is 5.26 Å². The van der Waals surface area contributed by atoms with E-state index in [1.165, 1.54) is 0 Å². The highest BCUT2D eigenvalue weighted by Crippen LogP contribution is 2.53. The molecule has 0 N–H and O–H groups in total. The first kappa shape index (κ1) is 34.8. The molecule has 0 saturated heterocycles. The van der Waals surface area contributed by atoms with E-state index in [0.29, 0.717) is 48.2 Å². The Hall–Kier alpha value is -4.49. The molecule has 0 bridgehead atoms. The molecular weight excluding hydrogens is 621 g/mol. The maximum Gasteiger partial charge on any atom is 0.203 e. The van der Waals surface area contributed by atoms with E-state index in [1.807, 2.05) is 60.7 Å². The van der Waals surface area contributed by atoms with E-state index >= 15 is 0 Å².